The third-order valence-corrected chi connectivity index (χ3v) is 7.23. The minimum Gasteiger partial charge on any atom is -0.379 e. The van der Waals surface area contributed by atoms with Gasteiger partial charge in [-0.25, -0.2) is 9.97 Å². The van der Waals surface area contributed by atoms with E-state index in [2.05, 4.69) is 19.8 Å². The van der Waals surface area contributed by atoms with Crippen molar-refractivity contribution in [3.8, 4) is 0 Å². The van der Waals surface area contributed by atoms with Crippen molar-refractivity contribution in [3.05, 3.63) is 18.5 Å². The molecule has 2 aliphatic carbocycles. The van der Waals surface area contributed by atoms with Gasteiger partial charge in [-0.05, 0) is 75.4 Å². The standard InChI is InChI=1S/C21H32N4O/c1-3-18(4-1)24-11-7-21(8-12-24)13-19(15-26-14-17-5-6-17)25(16-21)20-22-9-2-10-23-20/h2,9-10,17-19H,1,3-8,11-16H2/t19-/m0/s1. The van der Waals surface area contributed by atoms with Crippen molar-refractivity contribution in [3.63, 3.8) is 0 Å². The summed E-state index contributed by atoms with van der Waals surface area (Å²) in [6, 6.07) is 3.23. The van der Waals surface area contributed by atoms with Crippen LogP contribution < -0.4 is 4.90 Å². The molecule has 0 bridgehead atoms. The number of hydrogen-bond donors (Lipinski definition) is 0. The molecule has 0 amide bonds. The highest BCUT2D eigenvalue weighted by Gasteiger charge is 2.47. The van der Waals surface area contributed by atoms with Gasteiger partial charge >= 0.3 is 0 Å². The van der Waals surface area contributed by atoms with E-state index in [1.807, 2.05) is 18.5 Å². The largest absolute Gasteiger partial charge is 0.379 e. The molecule has 142 valence electrons. The van der Waals surface area contributed by atoms with Gasteiger partial charge < -0.3 is 14.5 Å². The van der Waals surface area contributed by atoms with E-state index in [0.717, 1.165) is 37.7 Å². The lowest BCUT2D eigenvalue weighted by Gasteiger charge is -2.45. The Kier molecular flexibility index (Phi) is 4.61. The van der Waals surface area contributed by atoms with Crippen LogP contribution in [0.5, 0.6) is 0 Å². The molecule has 1 atom stereocenters. The van der Waals surface area contributed by atoms with Gasteiger partial charge in [0.2, 0.25) is 5.95 Å². The van der Waals surface area contributed by atoms with Crippen LogP contribution in [0.4, 0.5) is 5.95 Å². The van der Waals surface area contributed by atoms with E-state index >= 15 is 0 Å². The number of piperidine rings is 1. The zero-order valence-electron chi connectivity index (χ0n) is 15.9. The summed E-state index contributed by atoms with van der Waals surface area (Å²) in [5.74, 6) is 1.73. The van der Waals surface area contributed by atoms with E-state index in [1.54, 1.807) is 0 Å². The molecule has 2 aliphatic heterocycles. The summed E-state index contributed by atoms with van der Waals surface area (Å²) in [6.45, 7) is 5.45. The first kappa shape index (κ1) is 16.9. The summed E-state index contributed by atoms with van der Waals surface area (Å²) in [4.78, 5) is 14.3. The first-order valence-electron chi connectivity index (χ1n) is 10.7. The van der Waals surface area contributed by atoms with Gasteiger partial charge in [0.25, 0.3) is 0 Å². The summed E-state index contributed by atoms with van der Waals surface area (Å²) in [5.41, 5.74) is 0.438. The fourth-order valence-corrected chi connectivity index (χ4v) is 5.12. The topological polar surface area (TPSA) is 41.5 Å². The summed E-state index contributed by atoms with van der Waals surface area (Å²) in [5, 5.41) is 0. The molecule has 26 heavy (non-hydrogen) atoms. The average molecular weight is 357 g/mol. The average Bonchev–Trinajstić information content (AvgIpc) is 3.38. The van der Waals surface area contributed by atoms with Crippen LogP contribution >= 0.6 is 0 Å². The number of likely N-dealkylation sites (tertiary alicyclic amines) is 1. The van der Waals surface area contributed by atoms with Crippen LogP contribution in [0.2, 0.25) is 0 Å². The Bertz CT molecular complexity index is 593. The molecular formula is C21H32N4O. The molecule has 5 rings (SSSR count). The fraction of sp³-hybridized carbons (Fsp3) is 0.810. The lowest BCUT2D eigenvalue weighted by atomic mass is 9.75. The maximum absolute atomic E-state index is 6.11. The second-order valence-corrected chi connectivity index (χ2v) is 9.14. The maximum Gasteiger partial charge on any atom is 0.225 e. The second kappa shape index (κ2) is 7.08. The van der Waals surface area contributed by atoms with Gasteiger partial charge in [0, 0.05) is 31.6 Å². The zero-order chi connectivity index (χ0) is 17.4. The first-order chi connectivity index (χ1) is 12.8. The number of ether oxygens (including phenoxy) is 1. The van der Waals surface area contributed by atoms with Crippen molar-refractivity contribution in [2.75, 3.05) is 37.7 Å². The fourth-order valence-electron chi connectivity index (χ4n) is 5.12. The van der Waals surface area contributed by atoms with Gasteiger partial charge in [-0.1, -0.05) is 6.42 Å². The van der Waals surface area contributed by atoms with Gasteiger partial charge in [-0.3, -0.25) is 0 Å². The Morgan fingerprint density at radius 2 is 1.81 bits per heavy atom. The molecule has 5 nitrogen and oxygen atoms in total. The van der Waals surface area contributed by atoms with E-state index in [0.29, 0.717) is 11.5 Å². The van der Waals surface area contributed by atoms with Crippen molar-refractivity contribution in [2.45, 2.75) is 63.5 Å². The van der Waals surface area contributed by atoms with Crippen molar-refractivity contribution in [2.24, 2.45) is 11.3 Å². The molecule has 0 radical (unpaired) electrons. The SMILES string of the molecule is c1cnc(N2CC3(CCN(C4CCC4)CC3)C[C@H]2COCC2CC2)nc1. The lowest BCUT2D eigenvalue weighted by Crippen LogP contribution is -2.48. The van der Waals surface area contributed by atoms with Crippen LogP contribution in [0, 0.1) is 11.3 Å². The highest BCUT2D eigenvalue weighted by Crippen LogP contribution is 2.45. The van der Waals surface area contributed by atoms with Crippen LogP contribution in [0.15, 0.2) is 18.5 Å². The predicted octanol–water partition coefficient (Wildman–Crippen LogP) is 3.12. The lowest BCUT2D eigenvalue weighted by molar-refractivity contribution is 0.0474. The molecule has 4 aliphatic rings. The Morgan fingerprint density at radius 3 is 2.46 bits per heavy atom. The molecule has 1 aromatic rings. The third-order valence-electron chi connectivity index (χ3n) is 7.23. The van der Waals surface area contributed by atoms with Crippen LogP contribution in [-0.4, -0.2) is 59.8 Å². The Labute approximate surface area is 157 Å². The maximum atomic E-state index is 6.11. The number of anilines is 1. The van der Waals surface area contributed by atoms with E-state index in [1.165, 1.54) is 64.5 Å². The van der Waals surface area contributed by atoms with Crippen LogP contribution in [0.1, 0.15) is 51.4 Å². The molecule has 1 aromatic heterocycles. The summed E-state index contributed by atoms with van der Waals surface area (Å²) < 4.78 is 6.11. The van der Waals surface area contributed by atoms with Gasteiger partial charge in [-0.2, -0.15) is 0 Å². The van der Waals surface area contributed by atoms with Crippen molar-refractivity contribution in [1.82, 2.24) is 14.9 Å². The normalized spacial score (nSPS) is 29.2. The van der Waals surface area contributed by atoms with Crippen LogP contribution in [0.25, 0.3) is 0 Å². The van der Waals surface area contributed by atoms with Gasteiger partial charge in [-0.15, -0.1) is 0 Å². The molecule has 0 aromatic carbocycles. The molecule has 2 saturated carbocycles. The summed E-state index contributed by atoms with van der Waals surface area (Å²) >= 11 is 0. The van der Waals surface area contributed by atoms with E-state index in [4.69, 9.17) is 4.74 Å². The van der Waals surface area contributed by atoms with Gasteiger partial charge in [0.15, 0.2) is 0 Å². The minimum atomic E-state index is 0.436. The molecule has 0 unspecified atom stereocenters. The number of aromatic nitrogens is 2. The molecule has 2 saturated heterocycles. The van der Waals surface area contributed by atoms with Crippen LogP contribution in [0.3, 0.4) is 0 Å². The smallest absolute Gasteiger partial charge is 0.225 e. The van der Waals surface area contributed by atoms with E-state index in [9.17, 15) is 0 Å². The van der Waals surface area contributed by atoms with Crippen molar-refractivity contribution < 1.29 is 4.74 Å². The van der Waals surface area contributed by atoms with Crippen LogP contribution in [-0.2, 0) is 4.74 Å². The molecule has 1 spiro atoms. The third kappa shape index (κ3) is 3.48. The number of nitrogens with zero attached hydrogens (tertiary/aromatic N) is 4. The Hall–Kier alpha value is -1.20. The molecule has 0 N–H and O–H groups in total. The highest BCUT2D eigenvalue weighted by atomic mass is 16.5. The van der Waals surface area contributed by atoms with E-state index < -0.39 is 0 Å². The highest BCUT2D eigenvalue weighted by molar-refractivity contribution is 5.35. The second-order valence-electron chi connectivity index (χ2n) is 9.14. The molecular weight excluding hydrogens is 324 g/mol. The number of rotatable bonds is 6. The molecule has 5 heteroatoms. The monoisotopic (exact) mass is 356 g/mol. The van der Waals surface area contributed by atoms with Gasteiger partial charge in [0.1, 0.15) is 0 Å². The van der Waals surface area contributed by atoms with Crippen molar-refractivity contribution in [1.29, 1.82) is 0 Å². The first-order valence-corrected chi connectivity index (χ1v) is 10.7. The van der Waals surface area contributed by atoms with Crippen molar-refractivity contribution >= 4 is 5.95 Å². The zero-order valence-corrected chi connectivity index (χ0v) is 15.9. The Morgan fingerprint density at radius 1 is 1.04 bits per heavy atom. The molecule has 4 fully saturated rings. The quantitative estimate of drug-likeness (QED) is 0.783. The minimum absolute atomic E-state index is 0.436. The predicted molar refractivity (Wildman–Crippen MR) is 102 cm³/mol. The van der Waals surface area contributed by atoms with E-state index in [-0.39, 0.29) is 0 Å². The van der Waals surface area contributed by atoms with Gasteiger partial charge in [0.05, 0.1) is 12.6 Å². The Balaban J connectivity index is 1.25. The number of hydrogen-bond acceptors (Lipinski definition) is 5. The summed E-state index contributed by atoms with van der Waals surface area (Å²) in [6.07, 6.45) is 14.6. The molecule has 3 heterocycles. The summed E-state index contributed by atoms with van der Waals surface area (Å²) in [7, 11) is 0.